The minimum atomic E-state index is 0.683. The Hall–Kier alpha value is -0.860. The molecule has 1 N–H and O–H groups in total. The fraction of sp³-hybridized carbons (Fsp3) is 0.538. The molecule has 0 aliphatic carbocycles. The van der Waals surface area contributed by atoms with Crippen LogP contribution in [0.1, 0.15) is 24.0 Å². The van der Waals surface area contributed by atoms with Crippen molar-refractivity contribution in [1.82, 2.24) is 5.32 Å². The van der Waals surface area contributed by atoms with E-state index in [1.54, 1.807) is 7.11 Å². The largest absolute Gasteiger partial charge is 0.380 e. The molecule has 2 heteroatoms. The number of rotatable bonds is 4. The van der Waals surface area contributed by atoms with E-state index in [9.17, 15) is 0 Å². The summed E-state index contributed by atoms with van der Waals surface area (Å²) < 4.78 is 5.14. The van der Waals surface area contributed by atoms with Gasteiger partial charge in [-0.15, -0.1) is 0 Å². The maximum Gasteiger partial charge on any atom is 0.0713 e. The van der Waals surface area contributed by atoms with E-state index >= 15 is 0 Å². The zero-order valence-electron chi connectivity index (χ0n) is 9.33. The summed E-state index contributed by atoms with van der Waals surface area (Å²) >= 11 is 0. The molecule has 0 amide bonds. The molecule has 1 aromatic rings. The van der Waals surface area contributed by atoms with Gasteiger partial charge in [-0.1, -0.05) is 24.3 Å². The molecule has 0 saturated carbocycles. The van der Waals surface area contributed by atoms with Crippen molar-refractivity contribution in [3.8, 4) is 0 Å². The molecule has 15 heavy (non-hydrogen) atoms. The average Bonchev–Trinajstić information content (AvgIpc) is 2.71. The van der Waals surface area contributed by atoms with E-state index in [2.05, 4.69) is 29.6 Å². The molecule has 0 spiro atoms. The predicted octanol–water partition coefficient (Wildman–Crippen LogP) is 2.13. The lowest BCUT2D eigenvalue weighted by atomic mass is 10.0. The summed E-state index contributed by atoms with van der Waals surface area (Å²) in [6.07, 6.45) is 3.79. The molecule has 2 nitrogen and oxygen atoms in total. The molecule has 82 valence electrons. The Balaban J connectivity index is 1.97. The van der Waals surface area contributed by atoms with Crippen molar-refractivity contribution >= 4 is 0 Å². The third kappa shape index (κ3) is 3.05. The van der Waals surface area contributed by atoms with Crippen LogP contribution in [0.5, 0.6) is 0 Å². The Labute approximate surface area is 91.6 Å². The Morgan fingerprint density at radius 1 is 1.40 bits per heavy atom. The topological polar surface area (TPSA) is 21.3 Å². The van der Waals surface area contributed by atoms with Gasteiger partial charge in [0.05, 0.1) is 6.61 Å². The van der Waals surface area contributed by atoms with Crippen LogP contribution < -0.4 is 5.32 Å². The second-order valence-electron chi connectivity index (χ2n) is 4.25. The quantitative estimate of drug-likeness (QED) is 0.813. The van der Waals surface area contributed by atoms with E-state index in [0.29, 0.717) is 12.6 Å². The Bertz CT molecular complexity index is 305. The van der Waals surface area contributed by atoms with Crippen LogP contribution in [-0.2, 0) is 17.8 Å². The van der Waals surface area contributed by atoms with Crippen LogP contribution in [0.4, 0.5) is 0 Å². The van der Waals surface area contributed by atoms with Crippen LogP contribution in [-0.4, -0.2) is 19.7 Å². The molecule has 1 heterocycles. The van der Waals surface area contributed by atoms with Gasteiger partial charge in [-0.05, 0) is 36.9 Å². The van der Waals surface area contributed by atoms with Crippen molar-refractivity contribution in [2.75, 3.05) is 13.7 Å². The van der Waals surface area contributed by atoms with Crippen molar-refractivity contribution in [3.05, 3.63) is 35.4 Å². The minimum Gasteiger partial charge on any atom is -0.380 e. The van der Waals surface area contributed by atoms with Gasteiger partial charge in [-0.2, -0.15) is 0 Å². The SMILES string of the molecule is COCc1cccc(CC2CCCN2)c1. The zero-order valence-corrected chi connectivity index (χ0v) is 9.33. The van der Waals surface area contributed by atoms with Crippen molar-refractivity contribution < 1.29 is 4.74 Å². The third-order valence-corrected chi connectivity index (χ3v) is 2.95. The molecule has 1 aliphatic rings. The van der Waals surface area contributed by atoms with Gasteiger partial charge in [0.25, 0.3) is 0 Å². The smallest absolute Gasteiger partial charge is 0.0713 e. The van der Waals surface area contributed by atoms with Gasteiger partial charge >= 0.3 is 0 Å². The lowest BCUT2D eigenvalue weighted by Crippen LogP contribution is -2.23. The molecule has 1 saturated heterocycles. The van der Waals surface area contributed by atoms with Crippen LogP contribution in [0, 0.1) is 0 Å². The zero-order chi connectivity index (χ0) is 10.5. The average molecular weight is 205 g/mol. The van der Waals surface area contributed by atoms with E-state index in [1.807, 2.05) is 0 Å². The van der Waals surface area contributed by atoms with Crippen LogP contribution in [0.2, 0.25) is 0 Å². The van der Waals surface area contributed by atoms with Crippen LogP contribution in [0.3, 0.4) is 0 Å². The van der Waals surface area contributed by atoms with Crippen molar-refractivity contribution in [3.63, 3.8) is 0 Å². The Morgan fingerprint density at radius 2 is 2.27 bits per heavy atom. The Kier molecular flexibility index (Phi) is 3.75. The van der Waals surface area contributed by atoms with Gasteiger partial charge in [0.2, 0.25) is 0 Å². The van der Waals surface area contributed by atoms with Gasteiger partial charge in [-0.3, -0.25) is 0 Å². The molecular weight excluding hydrogens is 186 g/mol. The second-order valence-corrected chi connectivity index (χ2v) is 4.25. The summed E-state index contributed by atoms with van der Waals surface area (Å²) in [5.74, 6) is 0. The second kappa shape index (κ2) is 5.29. The number of hydrogen-bond donors (Lipinski definition) is 1. The fourth-order valence-corrected chi connectivity index (χ4v) is 2.23. The standard InChI is InChI=1S/C13H19NO/c1-15-10-12-5-2-4-11(8-12)9-13-6-3-7-14-13/h2,4-5,8,13-14H,3,6-7,9-10H2,1H3. The summed E-state index contributed by atoms with van der Waals surface area (Å²) in [6, 6.07) is 9.39. The highest BCUT2D eigenvalue weighted by Gasteiger charge is 2.14. The summed E-state index contributed by atoms with van der Waals surface area (Å²) in [5.41, 5.74) is 2.69. The van der Waals surface area contributed by atoms with Crippen molar-refractivity contribution in [1.29, 1.82) is 0 Å². The van der Waals surface area contributed by atoms with Gasteiger partial charge in [-0.25, -0.2) is 0 Å². The van der Waals surface area contributed by atoms with Crippen molar-refractivity contribution in [2.24, 2.45) is 0 Å². The van der Waals surface area contributed by atoms with Gasteiger partial charge in [0.15, 0.2) is 0 Å². The molecule has 1 fully saturated rings. The lowest BCUT2D eigenvalue weighted by molar-refractivity contribution is 0.185. The van der Waals surface area contributed by atoms with E-state index in [0.717, 1.165) is 6.42 Å². The Morgan fingerprint density at radius 3 is 3.00 bits per heavy atom. The molecule has 1 unspecified atom stereocenters. The monoisotopic (exact) mass is 205 g/mol. The molecule has 0 radical (unpaired) electrons. The first-order valence-corrected chi connectivity index (χ1v) is 5.68. The first kappa shape index (κ1) is 10.7. The van der Waals surface area contributed by atoms with Crippen LogP contribution in [0.15, 0.2) is 24.3 Å². The molecule has 0 bridgehead atoms. The number of ether oxygens (including phenoxy) is 1. The van der Waals surface area contributed by atoms with Gasteiger partial charge < -0.3 is 10.1 Å². The van der Waals surface area contributed by atoms with Crippen LogP contribution in [0.25, 0.3) is 0 Å². The van der Waals surface area contributed by atoms with Crippen LogP contribution >= 0.6 is 0 Å². The number of nitrogens with one attached hydrogen (secondary N) is 1. The highest BCUT2D eigenvalue weighted by molar-refractivity contribution is 5.23. The predicted molar refractivity (Wildman–Crippen MR) is 61.9 cm³/mol. The van der Waals surface area contributed by atoms with E-state index in [4.69, 9.17) is 4.74 Å². The van der Waals surface area contributed by atoms with Gasteiger partial charge in [0, 0.05) is 13.2 Å². The number of methoxy groups -OCH3 is 1. The van der Waals surface area contributed by atoms with E-state index in [1.165, 1.54) is 30.5 Å². The van der Waals surface area contributed by atoms with Crippen molar-refractivity contribution in [2.45, 2.75) is 31.9 Å². The summed E-state index contributed by atoms with van der Waals surface area (Å²) in [4.78, 5) is 0. The molecular formula is C13H19NO. The number of benzene rings is 1. The maximum absolute atomic E-state index is 5.14. The summed E-state index contributed by atoms with van der Waals surface area (Å²) in [6.45, 7) is 1.90. The lowest BCUT2D eigenvalue weighted by Gasteiger charge is -2.10. The van der Waals surface area contributed by atoms with E-state index in [-0.39, 0.29) is 0 Å². The summed E-state index contributed by atoms with van der Waals surface area (Å²) in [7, 11) is 1.74. The maximum atomic E-state index is 5.14. The van der Waals surface area contributed by atoms with Gasteiger partial charge in [0.1, 0.15) is 0 Å². The first-order valence-electron chi connectivity index (χ1n) is 5.68. The fourth-order valence-electron chi connectivity index (χ4n) is 2.23. The molecule has 0 aromatic heterocycles. The summed E-state index contributed by atoms with van der Waals surface area (Å²) in [5, 5.41) is 3.53. The third-order valence-electron chi connectivity index (χ3n) is 2.95. The number of hydrogen-bond acceptors (Lipinski definition) is 2. The first-order chi connectivity index (χ1) is 7.38. The molecule has 1 aliphatic heterocycles. The molecule has 1 aromatic carbocycles. The molecule has 2 rings (SSSR count). The highest BCUT2D eigenvalue weighted by Crippen LogP contribution is 2.13. The molecule has 1 atom stereocenters. The highest BCUT2D eigenvalue weighted by atomic mass is 16.5. The normalized spacial score (nSPS) is 20.7. The van der Waals surface area contributed by atoms with E-state index < -0.39 is 0 Å². The minimum absolute atomic E-state index is 0.683.